The van der Waals surface area contributed by atoms with Gasteiger partial charge in [0.15, 0.2) is 6.61 Å². The number of aryl methyl sites for hydroxylation is 1. The Hall–Kier alpha value is -3.72. The molecule has 1 fully saturated rings. The molecule has 2 amide bonds. The molecule has 0 unspecified atom stereocenters. The molecular formula is C31H40N4O5. The number of amides is 2. The van der Waals surface area contributed by atoms with Gasteiger partial charge in [-0.3, -0.25) is 19.3 Å². The van der Waals surface area contributed by atoms with E-state index in [1.807, 2.05) is 55.5 Å². The monoisotopic (exact) mass is 548 g/mol. The summed E-state index contributed by atoms with van der Waals surface area (Å²) < 4.78 is 5.58. The van der Waals surface area contributed by atoms with Crippen molar-refractivity contribution in [1.82, 2.24) is 9.91 Å². The minimum Gasteiger partial charge on any atom is -0.481 e. The molecule has 9 nitrogen and oxygen atoms in total. The summed E-state index contributed by atoms with van der Waals surface area (Å²) in [5.41, 5.74) is 3.41. The predicted molar refractivity (Wildman–Crippen MR) is 154 cm³/mol. The minimum absolute atomic E-state index is 0.0141. The Labute approximate surface area is 236 Å². The second-order valence-corrected chi connectivity index (χ2v) is 10.8. The fourth-order valence-corrected chi connectivity index (χ4v) is 5.47. The number of carboxylic acid groups (broad SMARTS) is 1. The molecule has 2 atom stereocenters. The predicted octanol–water partition coefficient (Wildman–Crippen LogP) is 4.30. The van der Waals surface area contributed by atoms with Gasteiger partial charge in [-0.2, -0.15) is 0 Å². The molecule has 2 aliphatic rings. The Morgan fingerprint density at radius 3 is 2.52 bits per heavy atom. The van der Waals surface area contributed by atoms with Crippen LogP contribution in [0.4, 0.5) is 5.69 Å². The van der Waals surface area contributed by atoms with Crippen molar-refractivity contribution in [3.63, 3.8) is 0 Å². The van der Waals surface area contributed by atoms with E-state index in [0.29, 0.717) is 18.9 Å². The highest BCUT2D eigenvalue weighted by Gasteiger charge is 2.35. The fraction of sp³-hybridized carbons (Fsp3) is 0.484. The van der Waals surface area contributed by atoms with Crippen LogP contribution in [0.15, 0.2) is 53.6 Å². The van der Waals surface area contributed by atoms with Gasteiger partial charge in [0, 0.05) is 24.2 Å². The third kappa shape index (κ3) is 7.27. The SMILES string of the molecule is CC[C@H](C)[C@H](C(=O)Nc1cccc(CCC(=O)O)c1C)N1CCC(CN2N=C(c3ccccc3)OCC2=O)CC1. The number of nitrogens with one attached hydrogen (secondary N) is 1. The zero-order valence-corrected chi connectivity index (χ0v) is 23.6. The lowest BCUT2D eigenvalue weighted by molar-refractivity contribution is -0.137. The summed E-state index contributed by atoms with van der Waals surface area (Å²) in [5.74, 6) is -0.102. The summed E-state index contributed by atoms with van der Waals surface area (Å²) in [4.78, 5) is 39.5. The molecule has 1 saturated heterocycles. The summed E-state index contributed by atoms with van der Waals surface area (Å²) in [6, 6.07) is 15.0. The second kappa shape index (κ2) is 13.6. The Kier molecular flexibility index (Phi) is 9.93. The minimum atomic E-state index is -0.837. The van der Waals surface area contributed by atoms with Crippen LogP contribution in [-0.2, 0) is 25.5 Å². The van der Waals surface area contributed by atoms with E-state index >= 15 is 0 Å². The molecule has 0 spiro atoms. The first kappa shape index (κ1) is 29.3. The number of benzene rings is 2. The van der Waals surface area contributed by atoms with Gasteiger partial charge in [0.05, 0.1) is 6.04 Å². The van der Waals surface area contributed by atoms with E-state index in [9.17, 15) is 14.4 Å². The maximum Gasteiger partial charge on any atom is 0.303 e. The molecule has 2 N–H and O–H groups in total. The number of anilines is 1. The largest absolute Gasteiger partial charge is 0.481 e. The van der Waals surface area contributed by atoms with Crippen LogP contribution in [0.5, 0.6) is 0 Å². The second-order valence-electron chi connectivity index (χ2n) is 10.8. The molecular weight excluding hydrogens is 508 g/mol. The van der Waals surface area contributed by atoms with Gasteiger partial charge in [0.1, 0.15) is 0 Å². The number of hydrazone groups is 1. The molecule has 0 radical (unpaired) electrons. The van der Waals surface area contributed by atoms with Crippen molar-refractivity contribution in [2.24, 2.45) is 16.9 Å². The molecule has 2 heterocycles. The lowest BCUT2D eigenvalue weighted by atomic mass is 9.90. The Balaban J connectivity index is 1.39. The van der Waals surface area contributed by atoms with Gasteiger partial charge in [0.25, 0.3) is 5.91 Å². The Morgan fingerprint density at radius 2 is 1.85 bits per heavy atom. The van der Waals surface area contributed by atoms with Crippen molar-refractivity contribution in [1.29, 1.82) is 0 Å². The van der Waals surface area contributed by atoms with Gasteiger partial charge in [-0.05, 0) is 80.4 Å². The molecule has 0 saturated carbocycles. The maximum atomic E-state index is 13.6. The van der Waals surface area contributed by atoms with Crippen LogP contribution in [-0.4, -0.2) is 71.0 Å². The average Bonchev–Trinajstić information content (AvgIpc) is 2.96. The number of nitrogens with zero attached hydrogens (tertiary/aromatic N) is 3. The molecule has 2 aromatic rings. The fourth-order valence-electron chi connectivity index (χ4n) is 5.47. The van der Waals surface area contributed by atoms with Gasteiger partial charge in [0.2, 0.25) is 11.8 Å². The van der Waals surface area contributed by atoms with E-state index < -0.39 is 5.97 Å². The smallest absolute Gasteiger partial charge is 0.303 e. The molecule has 2 aliphatic heterocycles. The summed E-state index contributed by atoms with van der Waals surface area (Å²) in [6.07, 6.45) is 3.08. The number of ether oxygens (including phenoxy) is 1. The van der Waals surface area contributed by atoms with E-state index in [1.165, 1.54) is 0 Å². The molecule has 9 heteroatoms. The van der Waals surface area contributed by atoms with E-state index in [1.54, 1.807) is 5.01 Å². The first-order valence-electron chi connectivity index (χ1n) is 14.2. The highest BCUT2D eigenvalue weighted by molar-refractivity contribution is 5.98. The van der Waals surface area contributed by atoms with Gasteiger partial charge < -0.3 is 15.2 Å². The first-order chi connectivity index (χ1) is 19.3. The van der Waals surface area contributed by atoms with Crippen LogP contribution >= 0.6 is 0 Å². The van der Waals surface area contributed by atoms with Crippen LogP contribution in [0.1, 0.15) is 56.2 Å². The highest BCUT2D eigenvalue weighted by Crippen LogP contribution is 2.27. The van der Waals surface area contributed by atoms with Gasteiger partial charge in [-0.25, -0.2) is 5.01 Å². The number of carbonyl (C=O) groups excluding carboxylic acids is 2. The van der Waals surface area contributed by atoms with Crippen LogP contribution < -0.4 is 5.32 Å². The number of carboxylic acids is 1. The zero-order chi connectivity index (χ0) is 28.6. The molecule has 2 aromatic carbocycles. The first-order valence-corrected chi connectivity index (χ1v) is 14.2. The quantitative estimate of drug-likeness (QED) is 0.433. The number of rotatable bonds is 11. The molecule has 0 bridgehead atoms. The third-order valence-electron chi connectivity index (χ3n) is 8.09. The normalized spacial score (nSPS) is 18.0. The van der Waals surface area contributed by atoms with Crippen LogP contribution in [0.2, 0.25) is 0 Å². The molecule has 4 rings (SSSR count). The number of piperidine rings is 1. The van der Waals surface area contributed by atoms with Crippen molar-refractivity contribution < 1.29 is 24.2 Å². The summed E-state index contributed by atoms with van der Waals surface area (Å²) in [5, 5.41) is 18.3. The average molecular weight is 549 g/mol. The maximum absolute atomic E-state index is 13.6. The molecule has 214 valence electrons. The van der Waals surface area contributed by atoms with E-state index in [-0.39, 0.29) is 42.7 Å². The van der Waals surface area contributed by atoms with Crippen molar-refractivity contribution in [3.8, 4) is 0 Å². The molecule has 0 aromatic heterocycles. The topological polar surface area (TPSA) is 112 Å². The van der Waals surface area contributed by atoms with Gasteiger partial charge in [-0.15, -0.1) is 5.10 Å². The zero-order valence-electron chi connectivity index (χ0n) is 23.6. The lowest BCUT2D eigenvalue weighted by Crippen LogP contribution is -2.52. The van der Waals surface area contributed by atoms with Crippen LogP contribution in [0.25, 0.3) is 0 Å². The van der Waals surface area contributed by atoms with Crippen molar-refractivity contribution >= 4 is 29.4 Å². The Morgan fingerprint density at radius 1 is 1.12 bits per heavy atom. The Bertz CT molecular complexity index is 1220. The summed E-state index contributed by atoms with van der Waals surface area (Å²) >= 11 is 0. The van der Waals surface area contributed by atoms with E-state index in [0.717, 1.165) is 54.7 Å². The lowest BCUT2D eigenvalue weighted by Gasteiger charge is -2.40. The molecule has 40 heavy (non-hydrogen) atoms. The number of hydrogen-bond acceptors (Lipinski definition) is 6. The number of likely N-dealkylation sites (tertiary alicyclic amines) is 1. The van der Waals surface area contributed by atoms with E-state index in [2.05, 4.69) is 29.2 Å². The highest BCUT2D eigenvalue weighted by atomic mass is 16.5. The summed E-state index contributed by atoms with van der Waals surface area (Å²) in [7, 11) is 0. The van der Waals surface area contributed by atoms with Gasteiger partial charge in [-0.1, -0.05) is 50.6 Å². The van der Waals surface area contributed by atoms with Crippen molar-refractivity contribution in [2.45, 2.75) is 58.9 Å². The van der Waals surface area contributed by atoms with Crippen molar-refractivity contribution in [2.75, 3.05) is 31.6 Å². The number of aliphatic carboxylic acids is 1. The standard InChI is InChI=1S/C31H40N4O5/c1-4-21(2)29(30(39)32-26-12-8-11-24(22(26)3)13-14-28(37)38)34-17-15-23(16-18-34)19-35-27(36)20-40-31(33-35)25-9-6-5-7-10-25/h5-12,21,23,29H,4,13-20H2,1-3H3,(H,32,39)(H,37,38)/t21-,29+/m0/s1. The van der Waals surface area contributed by atoms with Crippen LogP contribution in [0, 0.1) is 18.8 Å². The van der Waals surface area contributed by atoms with Gasteiger partial charge >= 0.3 is 5.97 Å². The number of carbonyl (C=O) groups is 3. The van der Waals surface area contributed by atoms with Crippen molar-refractivity contribution in [3.05, 3.63) is 65.2 Å². The van der Waals surface area contributed by atoms with Crippen LogP contribution in [0.3, 0.4) is 0 Å². The number of hydrogen-bond donors (Lipinski definition) is 2. The molecule has 0 aliphatic carbocycles. The summed E-state index contributed by atoms with van der Waals surface area (Å²) in [6.45, 7) is 8.18. The third-order valence-corrected chi connectivity index (χ3v) is 8.09. The van der Waals surface area contributed by atoms with E-state index in [4.69, 9.17) is 9.84 Å².